The third kappa shape index (κ3) is 2.63. The summed E-state index contributed by atoms with van der Waals surface area (Å²) in [5.74, 6) is 3.26. The van der Waals surface area contributed by atoms with Crippen LogP contribution < -0.4 is 0 Å². The molecule has 0 amide bonds. The highest BCUT2D eigenvalue weighted by atomic mass is 79.9. The Morgan fingerprint density at radius 3 is 2.24 bits per heavy atom. The molecule has 186 valence electrons. The molecule has 1 heterocycles. The molecule has 6 aliphatic rings. The Morgan fingerprint density at radius 2 is 1.52 bits per heavy atom. The molecule has 1 saturated heterocycles. The fourth-order valence-corrected chi connectivity index (χ4v) is 13.1. The normalized spacial score (nSPS) is 58.6. The first-order valence-electron chi connectivity index (χ1n) is 14.0. The summed E-state index contributed by atoms with van der Waals surface area (Å²) in [6, 6.07) is 0. The Bertz CT molecular complexity index is 879. The summed E-state index contributed by atoms with van der Waals surface area (Å²) < 4.78 is 6.71. The number of fused-ring (bicyclic) bond motifs is 5. The summed E-state index contributed by atoms with van der Waals surface area (Å²) >= 11 is 3.86. The minimum Gasteiger partial charge on any atom is -0.377 e. The molecule has 3 heteroatoms. The predicted molar refractivity (Wildman–Crippen MR) is 137 cm³/mol. The Morgan fingerprint density at radius 1 is 0.818 bits per heavy atom. The SMILES string of the molecule is CC1(C)CC[C@]23CC[C@]4(C)[C@H](CC[C@@H]5[C@@]6(C)CC(Br)C(=O)C(C)(C)[C@@H]6CC[C@]54C)[C@H]2[C@H]1OC3. The largest absolute Gasteiger partial charge is 0.377 e. The average molecular weight is 520 g/mol. The molecule has 2 nitrogen and oxygen atoms in total. The molecule has 33 heavy (non-hydrogen) atoms. The minimum atomic E-state index is -0.211. The van der Waals surface area contributed by atoms with Gasteiger partial charge in [0.05, 0.1) is 17.5 Å². The van der Waals surface area contributed by atoms with E-state index in [4.69, 9.17) is 4.74 Å². The van der Waals surface area contributed by atoms with Gasteiger partial charge in [0.25, 0.3) is 0 Å². The topological polar surface area (TPSA) is 26.3 Å². The number of hydrogen-bond donors (Lipinski definition) is 0. The smallest absolute Gasteiger partial charge is 0.152 e. The monoisotopic (exact) mass is 518 g/mol. The first kappa shape index (κ1) is 23.5. The molecule has 0 aromatic rings. The lowest BCUT2D eigenvalue weighted by atomic mass is 9.31. The first-order valence-corrected chi connectivity index (χ1v) is 14.9. The van der Waals surface area contributed by atoms with Crippen LogP contribution in [0.4, 0.5) is 0 Å². The zero-order valence-corrected chi connectivity index (χ0v) is 23.8. The average Bonchev–Trinajstić information content (AvgIpc) is 3.06. The van der Waals surface area contributed by atoms with E-state index in [1.807, 2.05) is 0 Å². The second-order valence-electron chi connectivity index (χ2n) is 15.5. The Kier molecular flexibility index (Phi) is 4.77. The number of rotatable bonds is 0. The van der Waals surface area contributed by atoms with Crippen LogP contribution in [0.15, 0.2) is 0 Å². The number of ether oxygens (including phenoxy) is 1. The Labute approximate surface area is 210 Å². The number of halogens is 1. The van der Waals surface area contributed by atoms with E-state index >= 15 is 0 Å². The van der Waals surface area contributed by atoms with Crippen molar-refractivity contribution in [3.63, 3.8) is 0 Å². The van der Waals surface area contributed by atoms with Crippen molar-refractivity contribution in [2.75, 3.05) is 6.61 Å². The summed E-state index contributed by atoms with van der Waals surface area (Å²) in [4.78, 5) is 13.2. The maximum absolute atomic E-state index is 13.2. The molecule has 1 aliphatic heterocycles. The van der Waals surface area contributed by atoms with E-state index in [9.17, 15) is 4.79 Å². The van der Waals surface area contributed by atoms with Gasteiger partial charge in [0.2, 0.25) is 0 Å². The molecular weight excluding hydrogens is 472 g/mol. The summed E-state index contributed by atoms with van der Waals surface area (Å²) in [6.07, 6.45) is 12.3. The number of Topliss-reactive ketones (excluding diaryl/α,β-unsaturated/α-hetero) is 1. The quantitative estimate of drug-likeness (QED) is 0.305. The highest BCUT2D eigenvalue weighted by Crippen LogP contribution is 2.78. The number of ketones is 1. The van der Waals surface area contributed by atoms with Crippen molar-refractivity contribution < 1.29 is 9.53 Å². The van der Waals surface area contributed by atoms with Crippen molar-refractivity contribution in [3.8, 4) is 0 Å². The van der Waals surface area contributed by atoms with Gasteiger partial charge in [0.1, 0.15) is 0 Å². The zero-order valence-electron chi connectivity index (χ0n) is 22.2. The van der Waals surface area contributed by atoms with Crippen LogP contribution in [0.2, 0.25) is 0 Å². The van der Waals surface area contributed by atoms with Crippen LogP contribution in [0.25, 0.3) is 0 Å². The van der Waals surface area contributed by atoms with Crippen molar-refractivity contribution >= 4 is 21.7 Å². The third-order valence-corrected chi connectivity index (χ3v) is 14.5. The molecule has 2 bridgehead atoms. The fraction of sp³-hybridized carbons (Fsp3) is 0.967. The van der Waals surface area contributed by atoms with Crippen molar-refractivity contribution in [2.45, 2.75) is 117 Å². The third-order valence-electron chi connectivity index (χ3n) is 13.8. The Hall–Kier alpha value is 0.110. The molecule has 0 N–H and O–H groups in total. The number of hydrogen-bond acceptors (Lipinski definition) is 2. The molecule has 1 unspecified atom stereocenters. The van der Waals surface area contributed by atoms with Gasteiger partial charge in [-0.3, -0.25) is 4.79 Å². The maximum Gasteiger partial charge on any atom is 0.152 e. The van der Waals surface area contributed by atoms with E-state index in [1.54, 1.807) is 0 Å². The van der Waals surface area contributed by atoms with E-state index in [-0.39, 0.29) is 15.7 Å². The fourth-order valence-electron chi connectivity index (χ4n) is 11.9. The second kappa shape index (κ2) is 6.70. The molecule has 0 spiro atoms. The lowest BCUT2D eigenvalue weighted by Gasteiger charge is -2.73. The second-order valence-corrected chi connectivity index (χ2v) is 16.6. The molecule has 6 rings (SSSR count). The van der Waals surface area contributed by atoms with Crippen LogP contribution in [0.1, 0.15) is 106 Å². The van der Waals surface area contributed by atoms with Gasteiger partial charge in [0.15, 0.2) is 5.78 Å². The molecule has 0 radical (unpaired) electrons. The van der Waals surface area contributed by atoms with Gasteiger partial charge in [-0.25, -0.2) is 0 Å². The number of alkyl halides is 1. The van der Waals surface area contributed by atoms with Crippen LogP contribution in [0.3, 0.4) is 0 Å². The van der Waals surface area contributed by atoms with Crippen molar-refractivity contribution in [1.82, 2.24) is 0 Å². The lowest BCUT2D eigenvalue weighted by Crippen LogP contribution is -2.68. The lowest BCUT2D eigenvalue weighted by molar-refractivity contribution is -0.239. The molecule has 0 aromatic carbocycles. The summed E-state index contributed by atoms with van der Waals surface area (Å²) in [5.41, 5.74) is 1.59. The van der Waals surface area contributed by atoms with E-state index < -0.39 is 0 Å². The minimum absolute atomic E-state index is 0.0274. The highest BCUT2D eigenvalue weighted by molar-refractivity contribution is 9.10. The van der Waals surface area contributed by atoms with Crippen molar-refractivity contribution in [2.24, 2.45) is 56.2 Å². The maximum atomic E-state index is 13.2. The van der Waals surface area contributed by atoms with E-state index in [0.717, 1.165) is 30.8 Å². The van der Waals surface area contributed by atoms with Gasteiger partial charge < -0.3 is 4.74 Å². The zero-order chi connectivity index (χ0) is 23.8. The van der Waals surface area contributed by atoms with E-state index in [1.165, 1.54) is 51.4 Å². The van der Waals surface area contributed by atoms with Crippen molar-refractivity contribution in [3.05, 3.63) is 0 Å². The predicted octanol–water partition coefficient (Wildman–Crippen LogP) is 7.82. The van der Waals surface area contributed by atoms with Crippen molar-refractivity contribution in [1.29, 1.82) is 0 Å². The summed E-state index contributed by atoms with van der Waals surface area (Å²) in [7, 11) is 0. The van der Waals surface area contributed by atoms with Gasteiger partial charge in [-0.2, -0.15) is 0 Å². The standard InChI is InChI=1S/C30H47BrO2/c1-25(2)12-14-30-15-13-28(6)18(22(30)24(25)33-17-30)8-9-21-27(5)16-19(31)23(32)26(3,4)20(27)10-11-29(21,28)7/h18-22,24H,8-17H2,1-7H3/t18-,19?,20+,21-,22+,24-,27+,28-,29-,30-/m1/s1. The van der Waals surface area contributed by atoms with Crippen LogP contribution >= 0.6 is 15.9 Å². The molecule has 10 atom stereocenters. The number of carbonyl (C=O) groups excluding carboxylic acids is 1. The van der Waals surface area contributed by atoms with Crippen LogP contribution in [0, 0.1) is 56.2 Å². The van der Waals surface area contributed by atoms with E-state index in [2.05, 4.69) is 64.4 Å². The van der Waals surface area contributed by atoms with Crippen LogP contribution in [-0.4, -0.2) is 23.3 Å². The van der Waals surface area contributed by atoms with Gasteiger partial charge in [-0.15, -0.1) is 0 Å². The molecule has 6 fully saturated rings. The van der Waals surface area contributed by atoms with Crippen LogP contribution in [0.5, 0.6) is 0 Å². The summed E-state index contributed by atoms with van der Waals surface area (Å²) in [5, 5.41) is 0. The first-order chi connectivity index (χ1) is 15.2. The number of carbonyl (C=O) groups is 1. The van der Waals surface area contributed by atoms with Gasteiger partial charge in [-0.05, 0) is 109 Å². The highest BCUT2D eigenvalue weighted by Gasteiger charge is 2.73. The molecule has 5 saturated carbocycles. The Balaban J connectivity index is 1.41. The van der Waals surface area contributed by atoms with Gasteiger partial charge in [-0.1, -0.05) is 64.4 Å². The van der Waals surface area contributed by atoms with Gasteiger partial charge >= 0.3 is 0 Å². The van der Waals surface area contributed by atoms with Crippen LogP contribution in [-0.2, 0) is 9.53 Å². The summed E-state index contributed by atoms with van der Waals surface area (Å²) in [6.45, 7) is 18.5. The molecule has 5 aliphatic carbocycles. The molecule has 0 aromatic heterocycles. The van der Waals surface area contributed by atoms with E-state index in [0.29, 0.717) is 39.5 Å². The van der Waals surface area contributed by atoms with Gasteiger partial charge in [0, 0.05) is 5.41 Å². The molecular formula is C30H47BrO2.